The molecule has 0 atom stereocenters. The highest BCUT2D eigenvalue weighted by Gasteiger charge is 2.04. The Morgan fingerprint density at radius 2 is 1.62 bits per heavy atom. The van der Waals surface area contributed by atoms with Crippen molar-refractivity contribution >= 4 is 10.8 Å². The summed E-state index contributed by atoms with van der Waals surface area (Å²) in [5.41, 5.74) is 0.799. The Morgan fingerprint density at radius 1 is 0.846 bits per heavy atom. The van der Waals surface area contributed by atoms with Crippen molar-refractivity contribution in [2.45, 2.75) is 6.92 Å². The van der Waals surface area contributed by atoms with Crippen LogP contribution in [0.25, 0.3) is 10.8 Å². The fraction of sp³-hybridized carbons (Fsp3) is 0.0909. The monoisotopic (exact) mass is 174 g/mol. The standard InChI is InChI=1S/C11H10O2/c1-7-8-3-2-4-11(13)9(8)5-6-10(7)12/h2-6,12-13H,1H3. The zero-order valence-electron chi connectivity index (χ0n) is 7.28. The number of hydrogen-bond acceptors (Lipinski definition) is 2. The average molecular weight is 174 g/mol. The molecule has 0 aliphatic heterocycles. The van der Waals surface area contributed by atoms with Crippen LogP contribution in [0.1, 0.15) is 5.56 Å². The SMILES string of the molecule is Cc1c(O)ccc2c(O)cccc12. The van der Waals surface area contributed by atoms with Crippen LogP contribution in [0.15, 0.2) is 30.3 Å². The summed E-state index contributed by atoms with van der Waals surface area (Å²) in [5, 5.41) is 20.6. The van der Waals surface area contributed by atoms with Crippen LogP contribution in [0.5, 0.6) is 11.5 Å². The van der Waals surface area contributed by atoms with Gasteiger partial charge in [-0.05, 0) is 36.1 Å². The highest BCUT2D eigenvalue weighted by atomic mass is 16.3. The molecule has 0 amide bonds. The topological polar surface area (TPSA) is 40.5 Å². The van der Waals surface area contributed by atoms with E-state index in [2.05, 4.69) is 0 Å². The van der Waals surface area contributed by atoms with Crippen molar-refractivity contribution in [3.63, 3.8) is 0 Å². The molecular formula is C11H10O2. The van der Waals surface area contributed by atoms with Gasteiger partial charge in [0.1, 0.15) is 11.5 Å². The van der Waals surface area contributed by atoms with Crippen molar-refractivity contribution in [1.82, 2.24) is 0 Å². The van der Waals surface area contributed by atoms with Crippen LogP contribution in [0.4, 0.5) is 0 Å². The van der Waals surface area contributed by atoms with Crippen LogP contribution in [-0.2, 0) is 0 Å². The zero-order chi connectivity index (χ0) is 9.42. The zero-order valence-corrected chi connectivity index (χ0v) is 7.28. The van der Waals surface area contributed by atoms with E-state index in [9.17, 15) is 10.2 Å². The van der Waals surface area contributed by atoms with Crippen LogP contribution in [0.2, 0.25) is 0 Å². The summed E-state index contributed by atoms with van der Waals surface area (Å²) in [7, 11) is 0. The molecule has 2 nitrogen and oxygen atoms in total. The van der Waals surface area contributed by atoms with Crippen LogP contribution in [0, 0.1) is 6.92 Å². The smallest absolute Gasteiger partial charge is 0.123 e. The lowest BCUT2D eigenvalue weighted by Gasteiger charge is -2.05. The van der Waals surface area contributed by atoms with Gasteiger partial charge in [0.05, 0.1) is 0 Å². The molecule has 2 rings (SSSR count). The van der Waals surface area contributed by atoms with E-state index in [-0.39, 0.29) is 11.5 Å². The minimum Gasteiger partial charge on any atom is -0.508 e. The number of fused-ring (bicyclic) bond motifs is 1. The Labute approximate surface area is 76.1 Å². The molecule has 0 fully saturated rings. The van der Waals surface area contributed by atoms with Crippen molar-refractivity contribution < 1.29 is 10.2 Å². The second-order valence-corrected chi connectivity index (χ2v) is 3.08. The van der Waals surface area contributed by atoms with Gasteiger partial charge >= 0.3 is 0 Å². The Bertz CT molecular complexity index is 461. The van der Waals surface area contributed by atoms with Crippen LogP contribution in [0.3, 0.4) is 0 Å². The summed E-state index contributed by atoms with van der Waals surface area (Å²) < 4.78 is 0. The predicted octanol–water partition coefficient (Wildman–Crippen LogP) is 2.56. The number of benzene rings is 2. The van der Waals surface area contributed by atoms with Gasteiger partial charge in [-0.15, -0.1) is 0 Å². The molecule has 0 aliphatic rings. The van der Waals surface area contributed by atoms with Gasteiger partial charge < -0.3 is 10.2 Å². The first-order chi connectivity index (χ1) is 6.20. The largest absolute Gasteiger partial charge is 0.508 e. The van der Waals surface area contributed by atoms with Gasteiger partial charge in [-0.1, -0.05) is 12.1 Å². The number of aromatic hydroxyl groups is 2. The van der Waals surface area contributed by atoms with Gasteiger partial charge in [0.25, 0.3) is 0 Å². The van der Waals surface area contributed by atoms with Gasteiger partial charge in [-0.3, -0.25) is 0 Å². The lowest BCUT2D eigenvalue weighted by atomic mass is 10.0. The molecule has 0 aliphatic carbocycles. The van der Waals surface area contributed by atoms with Crippen LogP contribution in [-0.4, -0.2) is 10.2 Å². The van der Waals surface area contributed by atoms with Crippen LogP contribution >= 0.6 is 0 Å². The molecule has 0 aromatic heterocycles. The third kappa shape index (κ3) is 1.11. The third-order valence-corrected chi connectivity index (χ3v) is 2.28. The highest BCUT2D eigenvalue weighted by Crippen LogP contribution is 2.31. The van der Waals surface area contributed by atoms with Gasteiger partial charge in [0.15, 0.2) is 0 Å². The number of rotatable bonds is 0. The van der Waals surface area contributed by atoms with Crippen molar-refractivity contribution in [2.24, 2.45) is 0 Å². The maximum Gasteiger partial charge on any atom is 0.123 e. The number of hydrogen-bond donors (Lipinski definition) is 2. The molecule has 13 heavy (non-hydrogen) atoms. The summed E-state index contributed by atoms with van der Waals surface area (Å²) >= 11 is 0. The minimum atomic E-state index is 0.251. The van der Waals surface area contributed by atoms with Crippen LogP contribution < -0.4 is 0 Å². The lowest BCUT2D eigenvalue weighted by Crippen LogP contribution is -1.79. The molecule has 0 unspecified atom stereocenters. The van der Waals surface area contributed by atoms with E-state index in [1.54, 1.807) is 24.3 Å². The maximum absolute atomic E-state index is 9.50. The normalized spacial score (nSPS) is 10.5. The molecule has 2 N–H and O–H groups in total. The first-order valence-electron chi connectivity index (χ1n) is 4.10. The first kappa shape index (κ1) is 7.92. The van der Waals surface area contributed by atoms with E-state index in [1.165, 1.54) is 0 Å². The van der Waals surface area contributed by atoms with E-state index in [0.29, 0.717) is 0 Å². The van der Waals surface area contributed by atoms with E-state index in [1.807, 2.05) is 13.0 Å². The Morgan fingerprint density at radius 3 is 2.38 bits per heavy atom. The number of phenols is 2. The van der Waals surface area contributed by atoms with Crippen molar-refractivity contribution in [3.05, 3.63) is 35.9 Å². The summed E-state index contributed by atoms with van der Waals surface area (Å²) in [5.74, 6) is 0.513. The van der Waals surface area contributed by atoms with Crippen molar-refractivity contribution in [1.29, 1.82) is 0 Å². The molecular weight excluding hydrogens is 164 g/mol. The number of aryl methyl sites for hydroxylation is 1. The Hall–Kier alpha value is -1.70. The fourth-order valence-electron chi connectivity index (χ4n) is 1.48. The minimum absolute atomic E-state index is 0.251. The molecule has 2 aromatic rings. The molecule has 0 heterocycles. The van der Waals surface area contributed by atoms with E-state index in [0.717, 1.165) is 16.3 Å². The molecule has 0 spiro atoms. The van der Waals surface area contributed by atoms with E-state index in [4.69, 9.17) is 0 Å². The second kappa shape index (κ2) is 2.66. The van der Waals surface area contributed by atoms with Crippen molar-refractivity contribution in [2.75, 3.05) is 0 Å². The quantitative estimate of drug-likeness (QED) is 0.644. The van der Waals surface area contributed by atoms with Gasteiger partial charge in [0.2, 0.25) is 0 Å². The Kier molecular flexibility index (Phi) is 1.62. The predicted molar refractivity (Wildman–Crippen MR) is 52.0 cm³/mol. The average Bonchev–Trinajstić information content (AvgIpc) is 2.12. The lowest BCUT2D eigenvalue weighted by molar-refractivity contribution is 0.471. The summed E-state index contributed by atoms with van der Waals surface area (Å²) in [6.07, 6.45) is 0. The molecule has 66 valence electrons. The highest BCUT2D eigenvalue weighted by molar-refractivity contribution is 5.91. The Balaban J connectivity index is 2.94. The summed E-state index contributed by atoms with van der Waals surface area (Å²) in [6, 6.07) is 8.59. The summed E-state index contributed by atoms with van der Waals surface area (Å²) in [6.45, 7) is 1.83. The first-order valence-corrected chi connectivity index (χ1v) is 4.10. The van der Waals surface area contributed by atoms with Gasteiger partial charge in [0, 0.05) is 5.39 Å². The van der Waals surface area contributed by atoms with Crippen molar-refractivity contribution in [3.8, 4) is 11.5 Å². The molecule has 0 saturated heterocycles. The van der Waals surface area contributed by atoms with Gasteiger partial charge in [-0.2, -0.15) is 0 Å². The molecule has 0 radical (unpaired) electrons. The van der Waals surface area contributed by atoms with E-state index >= 15 is 0 Å². The molecule has 2 heteroatoms. The second-order valence-electron chi connectivity index (χ2n) is 3.08. The van der Waals surface area contributed by atoms with E-state index < -0.39 is 0 Å². The number of phenolic OH excluding ortho intramolecular Hbond substituents is 2. The molecule has 2 aromatic carbocycles. The third-order valence-electron chi connectivity index (χ3n) is 2.28. The fourth-order valence-corrected chi connectivity index (χ4v) is 1.48. The molecule has 0 saturated carbocycles. The summed E-state index contributed by atoms with van der Waals surface area (Å²) in [4.78, 5) is 0. The molecule has 0 bridgehead atoms. The van der Waals surface area contributed by atoms with Gasteiger partial charge in [-0.25, -0.2) is 0 Å². The maximum atomic E-state index is 9.50.